The van der Waals surface area contributed by atoms with E-state index in [1.807, 2.05) is 19.1 Å². The van der Waals surface area contributed by atoms with E-state index in [-0.39, 0.29) is 23.8 Å². The van der Waals surface area contributed by atoms with E-state index in [0.717, 1.165) is 6.42 Å². The number of nitrogens with one attached hydrogen (secondary N) is 1. The standard InChI is InChI=1S/C17H23NO5S/c1-3-13-4-6-15(7-5-13)18-17(20)12(2)23-16(19)10-14-8-9-24(21,22)11-14/h4-7,12,14H,3,8-11H2,1-2H3,(H,18,20)/t12-,14-/m0/s1. The van der Waals surface area contributed by atoms with Crippen LogP contribution in [0.15, 0.2) is 24.3 Å². The van der Waals surface area contributed by atoms with Crippen LogP contribution in [0.25, 0.3) is 0 Å². The summed E-state index contributed by atoms with van der Waals surface area (Å²) in [4.78, 5) is 23.9. The zero-order valence-electron chi connectivity index (χ0n) is 13.9. The lowest BCUT2D eigenvalue weighted by molar-refractivity contribution is -0.153. The van der Waals surface area contributed by atoms with Crippen LogP contribution in [-0.2, 0) is 30.6 Å². The fourth-order valence-corrected chi connectivity index (χ4v) is 4.50. The number of ether oxygens (including phenoxy) is 1. The van der Waals surface area contributed by atoms with Crippen LogP contribution in [-0.4, -0.2) is 37.9 Å². The van der Waals surface area contributed by atoms with Gasteiger partial charge in [-0.3, -0.25) is 9.59 Å². The Hall–Kier alpha value is -1.89. The lowest BCUT2D eigenvalue weighted by atomic mass is 10.1. The van der Waals surface area contributed by atoms with Crippen molar-refractivity contribution >= 4 is 27.4 Å². The van der Waals surface area contributed by atoms with Gasteiger partial charge in [0.15, 0.2) is 15.9 Å². The smallest absolute Gasteiger partial charge is 0.306 e. The Bertz CT molecular complexity index is 696. The van der Waals surface area contributed by atoms with Gasteiger partial charge in [-0.2, -0.15) is 0 Å². The monoisotopic (exact) mass is 353 g/mol. The Morgan fingerprint density at radius 3 is 2.50 bits per heavy atom. The second kappa shape index (κ2) is 7.79. The molecule has 1 aromatic rings. The molecular formula is C17H23NO5S. The molecule has 0 spiro atoms. The van der Waals surface area contributed by atoms with Gasteiger partial charge in [-0.05, 0) is 43.4 Å². The molecule has 7 heteroatoms. The van der Waals surface area contributed by atoms with Crippen LogP contribution >= 0.6 is 0 Å². The molecule has 1 N–H and O–H groups in total. The summed E-state index contributed by atoms with van der Waals surface area (Å²) in [5, 5.41) is 2.69. The third kappa shape index (κ3) is 5.33. The van der Waals surface area contributed by atoms with Crippen molar-refractivity contribution in [1.82, 2.24) is 0 Å². The maximum Gasteiger partial charge on any atom is 0.306 e. The van der Waals surface area contributed by atoms with E-state index in [9.17, 15) is 18.0 Å². The predicted molar refractivity (Wildman–Crippen MR) is 91.4 cm³/mol. The van der Waals surface area contributed by atoms with Gasteiger partial charge in [0.25, 0.3) is 5.91 Å². The first-order valence-electron chi connectivity index (χ1n) is 8.09. The zero-order valence-corrected chi connectivity index (χ0v) is 14.8. The van der Waals surface area contributed by atoms with Crippen molar-refractivity contribution in [3.8, 4) is 0 Å². The molecular weight excluding hydrogens is 330 g/mol. The molecule has 1 heterocycles. The van der Waals surface area contributed by atoms with Gasteiger partial charge >= 0.3 is 5.97 Å². The first-order valence-corrected chi connectivity index (χ1v) is 9.91. The van der Waals surface area contributed by atoms with Gasteiger partial charge in [0.2, 0.25) is 0 Å². The summed E-state index contributed by atoms with van der Waals surface area (Å²) in [5.41, 5.74) is 1.81. The summed E-state index contributed by atoms with van der Waals surface area (Å²) in [5.74, 6) is -1.02. The number of amides is 1. The fourth-order valence-electron chi connectivity index (χ4n) is 2.64. The Labute approximate surface area is 142 Å². The van der Waals surface area contributed by atoms with Crippen LogP contribution in [0, 0.1) is 5.92 Å². The van der Waals surface area contributed by atoms with Crippen molar-refractivity contribution in [2.75, 3.05) is 16.8 Å². The Kier molecular flexibility index (Phi) is 5.99. The van der Waals surface area contributed by atoms with E-state index in [4.69, 9.17) is 4.74 Å². The van der Waals surface area contributed by atoms with Gasteiger partial charge in [0.05, 0.1) is 11.5 Å². The SMILES string of the molecule is CCc1ccc(NC(=O)[C@H](C)OC(=O)C[C@@H]2CCS(=O)(=O)C2)cc1. The van der Waals surface area contributed by atoms with Crippen LogP contribution in [0.3, 0.4) is 0 Å². The molecule has 0 aromatic heterocycles. The predicted octanol–water partition coefficient (Wildman–Crippen LogP) is 1.94. The molecule has 1 fully saturated rings. The van der Waals surface area contributed by atoms with Crippen molar-refractivity contribution in [1.29, 1.82) is 0 Å². The number of carbonyl (C=O) groups excluding carboxylic acids is 2. The van der Waals surface area contributed by atoms with Gasteiger partial charge in [-0.25, -0.2) is 8.42 Å². The molecule has 1 amide bonds. The largest absolute Gasteiger partial charge is 0.453 e. The van der Waals surface area contributed by atoms with E-state index in [1.165, 1.54) is 12.5 Å². The highest BCUT2D eigenvalue weighted by molar-refractivity contribution is 7.91. The molecule has 6 nitrogen and oxygen atoms in total. The van der Waals surface area contributed by atoms with Crippen LogP contribution in [0.1, 0.15) is 32.3 Å². The van der Waals surface area contributed by atoms with Gasteiger partial charge in [-0.15, -0.1) is 0 Å². The molecule has 1 aromatic carbocycles. The molecule has 0 unspecified atom stereocenters. The molecule has 0 saturated carbocycles. The summed E-state index contributed by atoms with van der Waals surface area (Å²) in [7, 11) is -3.02. The molecule has 2 atom stereocenters. The topological polar surface area (TPSA) is 89.5 Å². The fraction of sp³-hybridized carbons (Fsp3) is 0.529. The first-order chi connectivity index (χ1) is 11.3. The minimum Gasteiger partial charge on any atom is -0.453 e. The second-order valence-corrected chi connectivity index (χ2v) is 8.37. The van der Waals surface area contributed by atoms with Gasteiger partial charge in [-0.1, -0.05) is 19.1 Å². The number of carbonyl (C=O) groups is 2. The number of sulfone groups is 1. The highest BCUT2D eigenvalue weighted by atomic mass is 32.2. The lowest BCUT2D eigenvalue weighted by Gasteiger charge is -2.15. The van der Waals surface area contributed by atoms with Crippen molar-refractivity contribution in [2.45, 2.75) is 39.2 Å². The number of benzene rings is 1. The number of hydrogen-bond acceptors (Lipinski definition) is 5. The third-order valence-electron chi connectivity index (χ3n) is 4.09. The molecule has 132 valence electrons. The number of hydrogen-bond donors (Lipinski definition) is 1. The van der Waals surface area contributed by atoms with Gasteiger partial charge in [0, 0.05) is 12.1 Å². The number of aryl methyl sites for hydroxylation is 1. The minimum absolute atomic E-state index is 0.0203. The average Bonchev–Trinajstić information content (AvgIpc) is 2.86. The van der Waals surface area contributed by atoms with E-state index < -0.39 is 27.8 Å². The van der Waals surface area contributed by atoms with Crippen molar-refractivity contribution in [2.24, 2.45) is 5.92 Å². The van der Waals surface area contributed by atoms with Crippen LogP contribution in [0.2, 0.25) is 0 Å². The lowest BCUT2D eigenvalue weighted by Crippen LogP contribution is -2.30. The maximum absolute atomic E-state index is 12.1. The van der Waals surface area contributed by atoms with Crippen LogP contribution in [0.4, 0.5) is 5.69 Å². The quantitative estimate of drug-likeness (QED) is 0.790. The van der Waals surface area contributed by atoms with Gasteiger partial charge < -0.3 is 10.1 Å². The summed E-state index contributed by atoms with van der Waals surface area (Å²) in [6, 6.07) is 7.45. The molecule has 1 aliphatic heterocycles. The van der Waals surface area contributed by atoms with Gasteiger partial charge in [0.1, 0.15) is 0 Å². The molecule has 0 radical (unpaired) electrons. The number of anilines is 1. The summed E-state index contributed by atoms with van der Waals surface area (Å²) in [6.45, 7) is 3.55. The highest BCUT2D eigenvalue weighted by Gasteiger charge is 2.30. The second-order valence-electron chi connectivity index (χ2n) is 6.15. The van der Waals surface area contributed by atoms with E-state index in [0.29, 0.717) is 12.1 Å². The molecule has 2 rings (SSSR count). The van der Waals surface area contributed by atoms with E-state index in [2.05, 4.69) is 5.32 Å². The van der Waals surface area contributed by atoms with E-state index in [1.54, 1.807) is 12.1 Å². The summed E-state index contributed by atoms with van der Waals surface area (Å²) >= 11 is 0. The molecule has 0 aliphatic carbocycles. The summed E-state index contributed by atoms with van der Waals surface area (Å²) < 4.78 is 27.9. The summed E-state index contributed by atoms with van der Waals surface area (Å²) in [6.07, 6.45) is 0.490. The Morgan fingerprint density at radius 2 is 1.96 bits per heavy atom. The number of rotatable bonds is 6. The maximum atomic E-state index is 12.1. The Morgan fingerprint density at radius 1 is 1.29 bits per heavy atom. The normalized spacial score (nSPS) is 20.3. The molecule has 1 saturated heterocycles. The van der Waals surface area contributed by atoms with Crippen molar-refractivity contribution in [3.05, 3.63) is 29.8 Å². The average molecular weight is 353 g/mol. The number of esters is 1. The highest BCUT2D eigenvalue weighted by Crippen LogP contribution is 2.22. The first kappa shape index (κ1) is 18.4. The van der Waals surface area contributed by atoms with E-state index >= 15 is 0 Å². The van der Waals surface area contributed by atoms with Crippen molar-refractivity contribution in [3.63, 3.8) is 0 Å². The molecule has 0 bridgehead atoms. The third-order valence-corrected chi connectivity index (χ3v) is 5.93. The Balaban J connectivity index is 1.81. The minimum atomic E-state index is -3.02. The molecule has 1 aliphatic rings. The van der Waals surface area contributed by atoms with Crippen LogP contribution in [0.5, 0.6) is 0 Å². The zero-order chi connectivity index (χ0) is 17.7. The molecule has 24 heavy (non-hydrogen) atoms. The van der Waals surface area contributed by atoms with Crippen LogP contribution < -0.4 is 5.32 Å². The van der Waals surface area contributed by atoms with Crippen molar-refractivity contribution < 1.29 is 22.7 Å².